The summed E-state index contributed by atoms with van der Waals surface area (Å²) in [4.78, 5) is 12.3. The van der Waals surface area contributed by atoms with Crippen molar-refractivity contribution in [3.8, 4) is 11.5 Å². The van der Waals surface area contributed by atoms with E-state index in [0.717, 1.165) is 5.56 Å². The van der Waals surface area contributed by atoms with Gasteiger partial charge in [0.25, 0.3) is 5.91 Å². The van der Waals surface area contributed by atoms with E-state index in [2.05, 4.69) is 10.6 Å². The number of ether oxygens (including phenoxy) is 1. The smallest absolute Gasteiger partial charge is 0.261 e. The van der Waals surface area contributed by atoms with Gasteiger partial charge in [0.05, 0.1) is 17.9 Å². The molecule has 23 heavy (non-hydrogen) atoms. The number of para-hydroxylation sites is 1. The predicted octanol–water partition coefficient (Wildman–Crippen LogP) is 3.23. The third kappa shape index (κ3) is 4.43. The summed E-state index contributed by atoms with van der Waals surface area (Å²) in [5.74, 6) is 0.175. The second-order valence-electron chi connectivity index (χ2n) is 4.86. The standard InChI is InChI=1S/C17H18N2O3S/c1-3-22-15-7-5-4-6-12(15)16(21)19-17(23)18-13-10-11(2)8-9-14(13)20/h4-10,20H,3H2,1-2H3,(H2,18,19,21,23). The van der Waals surface area contributed by atoms with E-state index >= 15 is 0 Å². The maximum Gasteiger partial charge on any atom is 0.261 e. The molecule has 0 saturated carbocycles. The van der Waals surface area contributed by atoms with Crippen LogP contribution >= 0.6 is 12.2 Å². The van der Waals surface area contributed by atoms with Gasteiger partial charge in [-0.25, -0.2) is 0 Å². The molecule has 0 bridgehead atoms. The van der Waals surface area contributed by atoms with Crippen molar-refractivity contribution < 1.29 is 14.6 Å². The highest BCUT2D eigenvalue weighted by atomic mass is 32.1. The second kappa shape index (κ2) is 7.60. The molecule has 6 heteroatoms. The molecule has 120 valence electrons. The van der Waals surface area contributed by atoms with Gasteiger partial charge in [-0.2, -0.15) is 0 Å². The lowest BCUT2D eigenvalue weighted by atomic mass is 10.2. The van der Waals surface area contributed by atoms with Crippen molar-refractivity contribution in [2.45, 2.75) is 13.8 Å². The van der Waals surface area contributed by atoms with Gasteiger partial charge in [0.2, 0.25) is 0 Å². The van der Waals surface area contributed by atoms with Crippen molar-refractivity contribution in [3.63, 3.8) is 0 Å². The monoisotopic (exact) mass is 330 g/mol. The molecule has 0 aliphatic carbocycles. The molecule has 2 aromatic rings. The zero-order chi connectivity index (χ0) is 16.8. The van der Waals surface area contributed by atoms with Crippen molar-refractivity contribution in [2.24, 2.45) is 0 Å². The minimum atomic E-state index is -0.376. The third-order valence-corrected chi connectivity index (χ3v) is 3.26. The van der Waals surface area contributed by atoms with Gasteiger partial charge in [-0.1, -0.05) is 18.2 Å². The number of nitrogens with one attached hydrogen (secondary N) is 2. The number of hydrogen-bond acceptors (Lipinski definition) is 4. The lowest BCUT2D eigenvalue weighted by Crippen LogP contribution is -2.34. The summed E-state index contributed by atoms with van der Waals surface area (Å²) < 4.78 is 5.43. The van der Waals surface area contributed by atoms with Crippen LogP contribution in [-0.4, -0.2) is 22.7 Å². The molecular formula is C17H18N2O3S. The molecule has 0 spiro atoms. The molecule has 0 atom stereocenters. The predicted molar refractivity (Wildman–Crippen MR) is 94.1 cm³/mol. The van der Waals surface area contributed by atoms with E-state index < -0.39 is 0 Å². The number of aromatic hydroxyl groups is 1. The largest absolute Gasteiger partial charge is 0.506 e. The van der Waals surface area contributed by atoms with E-state index in [1.54, 1.807) is 42.5 Å². The topological polar surface area (TPSA) is 70.6 Å². The molecule has 0 saturated heterocycles. The fraction of sp³-hybridized carbons (Fsp3) is 0.176. The fourth-order valence-corrected chi connectivity index (χ4v) is 2.21. The van der Waals surface area contributed by atoms with Crippen LogP contribution in [0, 0.1) is 6.92 Å². The Morgan fingerprint density at radius 1 is 1.26 bits per heavy atom. The summed E-state index contributed by atoms with van der Waals surface area (Å²) in [6.45, 7) is 4.20. The van der Waals surface area contributed by atoms with Gasteiger partial charge >= 0.3 is 0 Å². The zero-order valence-corrected chi connectivity index (χ0v) is 13.7. The van der Waals surface area contributed by atoms with Crippen LogP contribution in [0.1, 0.15) is 22.8 Å². The van der Waals surface area contributed by atoms with Crippen molar-refractivity contribution in [2.75, 3.05) is 11.9 Å². The van der Waals surface area contributed by atoms with Crippen molar-refractivity contribution in [1.29, 1.82) is 0 Å². The van der Waals surface area contributed by atoms with E-state index in [4.69, 9.17) is 17.0 Å². The number of carbonyl (C=O) groups is 1. The first-order valence-corrected chi connectivity index (χ1v) is 7.56. The molecule has 3 N–H and O–H groups in total. The van der Waals surface area contributed by atoms with Gasteiger partial charge in [-0.15, -0.1) is 0 Å². The second-order valence-corrected chi connectivity index (χ2v) is 5.27. The molecule has 2 rings (SSSR count). The Balaban J connectivity index is 2.08. The number of thiocarbonyl (C=S) groups is 1. The van der Waals surface area contributed by atoms with E-state index in [0.29, 0.717) is 23.6 Å². The number of rotatable bonds is 4. The number of benzene rings is 2. The Morgan fingerprint density at radius 3 is 2.74 bits per heavy atom. The van der Waals surface area contributed by atoms with Gasteiger partial charge < -0.3 is 15.2 Å². The molecule has 5 nitrogen and oxygen atoms in total. The quantitative estimate of drug-likeness (QED) is 0.593. The molecule has 2 aromatic carbocycles. The van der Waals surface area contributed by atoms with Crippen LogP contribution in [0.3, 0.4) is 0 Å². The lowest BCUT2D eigenvalue weighted by molar-refractivity contribution is 0.0974. The van der Waals surface area contributed by atoms with Crippen molar-refractivity contribution in [3.05, 3.63) is 53.6 Å². The van der Waals surface area contributed by atoms with E-state index in [9.17, 15) is 9.90 Å². The maximum absolute atomic E-state index is 12.3. The van der Waals surface area contributed by atoms with Crippen LogP contribution in [0.2, 0.25) is 0 Å². The first kappa shape index (κ1) is 16.8. The van der Waals surface area contributed by atoms with E-state index in [1.165, 1.54) is 0 Å². The highest BCUT2D eigenvalue weighted by Crippen LogP contribution is 2.24. The SMILES string of the molecule is CCOc1ccccc1C(=O)NC(=S)Nc1cc(C)ccc1O. The Labute approximate surface area is 140 Å². The van der Waals surface area contributed by atoms with Gasteiger partial charge in [0.1, 0.15) is 11.5 Å². The Bertz CT molecular complexity index is 732. The lowest BCUT2D eigenvalue weighted by Gasteiger charge is -2.13. The molecule has 0 aliphatic heterocycles. The molecule has 0 heterocycles. The van der Waals surface area contributed by atoms with Gasteiger partial charge in [-0.05, 0) is 55.9 Å². The maximum atomic E-state index is 12.3. The number of hydrogen-bond donors (Lipinski definition) is 3. The molecular weight excluding hydrogens is 312 g/mol. The summed E-state index contributed by atoms with van der Waals surface area (Å²) in [6.07, 6.45) is 0. The van der Waals surface area contributed by atoms with Gasteiger partial charge in [0, 0.05) is 0 Å². The van der Waals surface area contributed by atoms with Crippen LogP contribution in [0.4, 0.5) is 5.69 Å². The summed E-state index contributed by atoms with van der Waals surface area (Å²) in [6, 6.07) is 12.0. The van der Waals surface area contributed by atoms with Crippen LogP contribution in [0.5, 0.6) is 11.5 Å². The van der Waals surface area contributed by atoms with Crippen LogP contribution in [0.15, 0.2) is 42.5 Å². The summed E-state index contributed by atoms with van der Waals surface area (Å²) in [5.41, 5.74) is 1.79. The number of phenolic OH excluding ortho intramolecular Hbond substituents is 1. The van der Waals surface area contributed by atoms with E-state index in [-0.39, 0.29) is 16.8 Å². The summed E-state index contributed by atoms with van der Waals surface area (Å²) in [5, 5.41) is 15.3. The number of amides is 1. The van der Waals surface area contributed by atoms with Crippen LogP contribution < -0.4 is 15.4 Å². The van der Waals surface area contributed by atoms with Crippen LogP contribution in [-0.2, 0) is 0 Å². The molecule has 0 aliphatic rings. The molecule has 0 aromatic heterocycles. The Morgan fingerprint density at radius 2 is 2.00 bits per heavy atom. The highest BCUT2D eigenvalue weighted by molar-refractivity contribution is 7.80. The third-order valence-electron chi connectivity index (χ3n) is 3.06. The molecule has 0 unspecified atom stereocenters. The Kier molecular flexibility index (Phi) is 5.54. The zero-order valence-electron chi connectivity index (χ0n) is 12.9. The highest BCUT2D eigenvalue weighted by Gasteiger charge is 2.14. The molecule has 0 fully saturated rings. The first-order valence-electron chi connectivity index (χ1n) is 7.15. The van der Waals surface area contributed by atoms with Gasteiger partial charge in [-0.3, -0.25) is 10.1 Å². The minimum Gasteiger partial charge on any atom is -0.506 e. The van der Waals surface area contributed by atoms with E-state index in [1.807, 2.05) is 13.8 Å². The number of anilines is 1. The normalized spacial score (nSPS) is 10.0. The summed E-state index contributed by atoms with van der Waals surface area (Å²) in [7, 11) is 0. The average molecular weight is 330 g/mol. The molecule has 1 amide bonds. The van der Waals surface area contributed by atoms with Crippen LogP contribution in [0.25, 0.3) is 0 Å². The Hall–Kier alpha value is -2.60. The number of aryl methyl sites for hydroxylation is 1. The first-order chi connectivity index (χ1) is 11.0. The minimum absolute atomic E-state index is 0.0573. The van der Waals surface area contributed by atoms with Crippen molar-refractivity contribution in [1.82, 2.24) is 5.32 Å². The van der Waals surface area contributed by atoms with Gasteiger partial charge in [0.15, 0.2) is 5.11 Å². The average Bonchev–Trinajstić information content (AvgIpc) is 2.51. The molecule has 0 radical (unpaired) electrons. The number of phenols is 1. The van der Waals surface area contributed by atoms with Crippen molar-refractivity contribution >= 4 is 28.9 Å². The number of carbonyl (C=O) groups excluding carboxylic acids is 1. The summed E-state index contributed by atoms with van der Waals surface area (Å²) >= 11 is 5.13. The fourth-order valence-electron chi connectivity index (χ4n) is 2.01.